The van der Waals surface area contributed by atoms with E-state index in [1.807, 2.05) is 18.7 Å². The topological polar surface area (TPSA) is 46.3 Å². The number of hydrogen-bond acceptors (Lipinski definition) is 2. The van der Waals surface area contributed by atoms with Gasteiger partial charge in [0, 0.05) is 13.1 Å². The lowest BCUT2D eigenvalue weighted by molar-refractivity contribution is -0.137. The predicted molar refractivity (Wildman–Crippen MR) is 74.8 cm³/mol. The van der Waals surface area contributed by atoms with E-state index in [1.165, 1.54) is 0 Å². The van der Waals surface area contributed by atoms with Crippen LogP contribution in [0.3, 0.4) is 0 Å². The van der Waals surface area contributed by atoms with Crippen molar-refractivity contribution in [3.63, 3.8) is 0 Å². The molecule has 17 heavy (non-hydrogen) atoms. The molecule has 1 saturated heterocycles. The van der Waals surface area contributed by atoms with Crippen LogP contribution in [0.2, 0.25) is 0 Å². The molecule has 1 aliphatic heterocycles. The summed E-state index contributed by atoms with van der Waals surface area (Å²) in [5, 5.41) is 0. The van der Waals surface area contributed by atoms with Gasteiger partial charge in [0.25, 0.3) is 0 Å². The van der Waals surface area contributed by atoms with Crippen molar-refractivity contribution in [2.75, 3.05) is 13.1 Å². The number of carbonyl (C=O) groups excluding carboxylic acids is 1. The van der Waals surface area contributed by atoms with E-state index >= 15 is 0 Å². The van der Waals surface area contributed by atoms with Crippen molar-refractivity contribution in [1.82, 2.24) is 4.90 Å². The number of nitrogens with two attached hydrogens (primary N) is 1. The molecule has 1 fully saturated rings. The predicted octanol–water partition coefficient (Wildman–Crippen LogP) is 2.34. The number of rotatable bonds is 5. The lowest BCUT2D eigenvalue weighted by atomic mass is 9.80. The molecule has 1 amide bonds. The molecule has 98 valence electrons. The minimum atomic E-state index is -0.613. The molecule has 1 unspecified atom stereocenters. The summed E-state index contributed by atoms with van der Waals surface area (Å²) >= 11 is 5.13. The monoisotopic (exact) mass is 256 g/mol. The highest BCUT2D eigenvalue weighted by Crippen LogP contribution is 2.32. The third-order valence-electron chi connectivity index (χ3n) is 4.24. The second-order valence-corrected chi connectivity index (χ2v) is 5.41. The number of carbonyl (C=O) groups is 1. The summed E-state index contributed by atoms with van der Waals surface area (Å²) in [5.41, 5.74) is 5.20. The molecule has 0 aromatic carbocycles. The maximum atomic E-state index is 12.6. The van der Waals surface area contributed by atoms with Gasteiger partial charge in [0.05, 0.1) is 10.4 Å². The minimum Gasteiger partial charge on any atom is -0.392 e. The van der Waals surface area contributed by atoms with Crippen LogP contribution in [0.5, 0.6) is 0 Å². The average Bonchev–Trinajstić information content (AvgIpc) is 2.79. The van der Waals surface area contributed by atoms with Crippen LogP contribution >= 0.6 is 12.2 Å². The second-order valence-electron chi connectivity index (χ2n) is 4.97. The maximum Gasteiger partial charge on any atom is 0.235 e. The first-order valence-electron chi connectivity index (χ1n) is 6.61. The average molecular weight is 256 g/mol. The molecule has 0 radical (unpaired) electrons. The van der Waals surface area contributed by atoms with E-state index in [-0.39, 0.29) is 5.91 Å². The highest BCUT2D eigenvalue weighted by atomic mass is 32.1. The first-order chi connectivity index (χ1) is 8.01. The molecule has 1 rings (SSSR count). The number of hydrogen-bond donors (Lipinski definition) is 1. The number of likely N-dealkylation sites (tertiary alicyclic amines) is 1. The van der Waals surface area contributed by atoms with Gasteiger partial charge in [-0.3, -0.25) is 4.79 Å². The lowest BCUT2D eigenvalue weighted by Crippen LogP contribution is -2.49. The van der Waals surface area contributed by atoms with Gasteiger partial charge in [-0.1, -0.05) is 39.4 Å². The van der Waals surface area contributed by atoms with E-state index in [0.717, 1.165) is 25.9 Å². The first kappa shape index (κ1) is 14.4. The van der Waals surface area contributed by atoms with Gasteiger partial charge < -0.3 is 10.6 Å². The fourth-order valence-electron chi connectivity index (χ4n) is 2.66. The Kier molecular flexibility index (Phi) is 4.92. The van der Waals surface area contributed by atoms with Gasteiger partial charge in [0.15, 0.2) is 0 Å². The molecular weight excluding hydrogens is 232 g/mol. The van der Waals surface area contributed by atoms with Gasteiger partial charge in [-0.2, -0.15) is 0 Å². The molecular formula is C13H24N2OS. The number of nitrogens with zero attached hydrogens (tertiary/aromatic N) is 1. The maximum absolute atomic E-state index is 12.6. The Bertz CT molecular complexity index is 300. The van der Waals surface area contributed by atoms with Crippen molar-refractivity contribution in [2.24, 2.45) is 17.1 Å². The molecule has 2 N–H and O–H groups in total. The first-order valence-corrected chi connectivity index (χ1v) is 7.01. The standard InChI is InChI=1S/C13H24N2OS/c1-4-10-7-8-15(9-10)12(16)13(5-2,6-3)11(14)17/h10H,4-9H2,1-3H3,(H2,14,17). The zero-order chi connectivity index (χ0) is 13.1. The SMILES string of the molecule is CCC1CCN(C(=O)C(CC)(CC)C(N)=S)C1. The van der Waals surface area contributed by atoms with Crippen molar-refractivity contribution in [1.29, 1.82) is 0 Å². The summed E-state index contributed by atoms with van der Waals surface area (Å²) in [6, 6.07) is 0. The molecule has 1 atom stereocenters. The Balaban J connectivity index is 2.83. The number of thiocarbonyl (C=S) groups is 1. The molecule has 1 aliphatic rings. The van der Waals surface area contributed by atoms with Crippen molar-refractivity contribution in [3.05, 3.63) is 0 Å². The summed E-state index contributed by atoms with van der Waals surface area (Å²) in [5.74, 6) is 0.794. The van der Waals surface area contributed by atoms with Gasteiger partial charge in [-0.05, 0) is 25.2 Å². The van der Waals surface area contributed by atoms with Crippen molar-refractivity contribution < 1.29 is 4.79 Å². The summed E-state index contributed by atoms with van der Waals surface area (Å²) in [4.78, 5) is 14.9. The van der Waals surface area contributed by atoms with Crippen LogP contribution in [0.4, 0.5) is 0 Å². The largest absolute Gasteiger partial charge is 0.392 e. The summed E-state index contributed by atoms with van der Waals surface area (Å²) in [6.07, 6.45) is 3.65. The van der Waals surface area contributed by atoms with Gasteiger partial charge in [-0.15, -0.1) is 0 Å². The Morgan fingerprint density at radius 2 is 2.00 bits per heavy atom. The van der Waals surface area contributed by atoms with Crippen molar-refractivity contribution >= 4 is 23.1 Å². The van der Waals surface area contributed by atoms with Gasteiger partial charge in [0.1, 0.15) is 0 Å². The fraction of sp³-hybridized carbons (Fsp3) is 0.846. The fourth-order valence-corrected chi connectivity index (χ4v) is 3.04. The normalized spacial score (nSPS) is 20.6. The molecule has 4 heteroatoms. The van der Waals surface area contributed by atoms with Crippen LogP contribution in [-0.4, -0.2) is 28.9 Å². The molecule has 0 aliphatic carbocycles. The van der Waals surface area contributed by atoms with Crippen molar-refractivity contribution in [3.8, 4) is 0 Å². The lowest BCUT2D eigenvalue weighted by Gasteiger charge is -2.33. The molecule has 0 bridgehead atoms. The Hall–Kier alpha value is -0.640. The van der Waals surface area contributed by atoms with E-state index in [4.69, 9.17) is 18.0 Å². The number of amides is 1. The van der Waals surface area contributed by atoms with Crippen LogP contribution < -0.4 is 5.73 Å². The molecule has 0 aromatic heterocycles. The van der Waals surface area contributed by atoms with E-state index in [0.29, 0.717) is 23.7 Å². The van der Waals surface area contributed by atoms with E-state index in [1.54, 1.807) is 0 Å². The minimum absolute atomic E-state index is 0.144. The highest BCUT2D eigenvalue weighted by Gasteiger charge is 2.42. The Morgan fingerprint density at radius 3 is 2.35 bits per heavy atom. The van der Waals surface area contributed by atoms with Crippen LogP contribution in [0.1, 0.15) is 46.5 Å². The van der Waals surface area contributed by atoms with Crippen LogP contribution in [0.25, 0.3) is 0 Å². The third kappa shape index (κ3) is 2.62. The summed E-state index contributed by atoms with van der Waals surface area (Å²) < 4.78 is 0. The van der Waals surface area contributed by atoms with Crippen LogP contribution in [0, 0.1) is 11.3 Å². The van der Waals surface area contributed by atoms with E-state index < -0.39 is 5.41 Å². The quantitative estimate of drug-likeness (QED) is 0.768. The molecule has 0 spiro atoms. The molecule has 0 saturated carbocycles. The Morgan fingerprint density at radius 1 is 1.41 bits per heavy atom. The van der Waals surface area contributed by atoms with Gasteiger partial charge in [0.2, 0.25) is 5.91 Å². The van der Waals surface area contributed by atoms with E-state index in [9.17, 15) is 4.79 Å². The van der Waals surface area contributed by atoms with Crippen LogP contribution in [-0.2, 0) is 4.79 Å². The van der Waals surface area contributed by atoms with E-state index in [2.05, 4.69) is 6.92 Å². The highest BCUT2D eigenvalue weighted by molar-refractivity contribution is 7.80. The molecule has 1 heterocycles. The summed E-state index contributed by atoms with van der Waals surface area (Å²) in [6.45, 7) is 7.91. The van der Waals surface area contributed by atoms with Gasteiger partial charge in [-0.25, -0.2) is 0 Å². The van der Waals surface area contributed by atoms with Gasteiger partial charge >= 0.3 is 0 Å². The summed E-state index contributed by atoms with van der Waals surface area (Å²) in [7, 11) is 0. The Labute approximate surface area is 110 Å². The van der Waals surface area contributed by atoms with Crippen LogP contribution in [0.15, 0.2) is 0 Å². The zero-order valence-electron chi connectivity index (χ0n) is 11.2. The second kappa shape index (κ2) is 5.80. The van der Waals surface area contributed by atoms with Crippen molar-refractivity contribution in [2.45, 2.75) is 46.5 Å². The third-order valence-corrected chi connectivity index (χ3v) is 4.63. The molecule has 0 aromatic rings. The smallest absolute Gasteiger partial charge is 0.235 e. The zero-order valence-corrected chi connectivity index (χ0v) is 12.0. The molecule has 3 nitrogen and oxygen atoms in total.